The van der Waals surface area contributed by atoms with Gasteiger partial charge in [0.1, 0.15) is 0 Å². The van der Waals surface area contributed by atoms with Gasteiger partial charge in [0.05, 0.1) is 11.4 Å². The fraction of sp³-hybridized carbons (Fsp3) is 0.786. The van der Waals surface area contributed by atoms with Crippen LogP contribution in [0.3, 0.4) is 0 Å². The lowest BCUT2D eigenvalue weighted by Gasteiger charge is -2.18. The highest BCUT2D eigenvalue weighted by atomic mass is 15.3. The molecule has 0 fully saturated rings. The monoisotopic (exact) mass is 237 g/mol. The van der Waals surface area contributed by atoms with Gasteiger partial charge in [0.25, 0.3) is 0 Å². The predicted octanol–water partition coefficient (Wildman–Crippen LogP) is 3.31. The summed E-state index contributed by atoms with van der Waals surface area (Å²) in [5, 5.41) is 8.22. The Hall–Kier alpha value is -0.830. The van der Waals surface area contributed by atoms with E-state index in [9.17, 15) is 0 Å². The maximum atomic E-state index is 4.64. The summed E-state index contributed by atoms with van der Waals surface area (Å²) in [7, 11) is 0. The number of aryl methyl sites for hydroxylation is 2. The van der Waals surface area contributed by atoms with Crippen molar-refractivity contribution in [1.82, 2.24) is 15.1 Å². The van der Waals surface area contributed by atoms with E-state index in [1.54, 1.807) is 0 Å². The van der Waals surface area contributed by atoms with Crippen LogP contribution in [-0.2, 0) is 13.0 Å². The third-order valence-electron chi connectivity index (χ3n) is 3.18. The maximum Gasteiger partial charge on any atom is 0.0625 e. The minimum atomic E-state index is 0.465. The summed E-state index contributed by atoms with van der Waals surface area (Å²) < 4.78 is 2.15. The molecule has 0 aromatic carbocycles. The first-order chi connectivity index (χ1) is 8.26. The van der Waals surface area contributed by atoms with Crippen molar-refractivity contribution in [3.8, 4) is 0 Å². The van der Waals surface area contributed by atoms with E-state index in [-0.39, 0.29) is 0 Å². The summed E-state index contributed by atoms with van der Waals surface area (Å²) in [6, 6.07) is 2.74. The fourth-order valence-electron chi connectivity index (χ4n) is 2.20. The molecule has 0 saturated heterocycles. The Labute approximate surface area is 106 Å². The van der Waals surface area contributed by atoms with Gasteiger partial charge in [-0.15, -0.1) is 0 Å². The topological polar surface area (TPSA) is 29.9 Å². The molecule has 0 saturated carbocycles. The smallest absolute Gasteiger partial charge is 0.0625 e. The van der Waals surface area contributed by atoms with Crippen LogP contribution in [-0.4, -0.2) is 16.3 Å². The molecule has 1 unspecified atom stereocenters. The maximum absolute atomic E-state index is 4.64. The van der Waals surface area contributed by atoms with Crippen molar-refractivity contribution in [1.29, 1.82) is 0 Å². The molecular weight excluding hydrogens is 210 g/mol. The lowest BCUT2D eigenvalue weighted by atomic mass is 10.1. The standard InChI is InChI=1S/C14H27N3/c1-5-9-10-13(15-7-3)14-11-12(6-2)16-17(14)8-4/h11,13,15H,5-10H2,1-4H3. The number of aromatic nitrogens is 2. The van der Waals surface area contributed by atoms with Crippen LogP contribution in [0.15, 0.2) is 6.07 Å². The fourth-order valence-corrected chi connectivity index (χ4v) is 2.20. The Kier molecular flexibility index (Phi) is 6.27. The van der Waals surface area contributed by atoms with Crippen molar-refractivity contribution in [2.24, 2.45) is 0 Å². The molecule has 1 heterocycles. The third kappa shape index (κ3) is 3.84. The Morgan fingerprint density at radius 3 is 2.59 bits per heavy atom. The first-order valence-corrected chi connectivity index (χ1v) is 7.06. The number of unbranched alkanes of at least 4 members (excludes halogenated alkanes) is 1. The Morgan fingerprint density at radius 1 is 1.29 bits per heavy atom. The molecule has 98 valence electrons. The van der Waals surface area contributed by atoms with Crippen LogP contribution in [0.2, 0.25) is 0 Å². The van der Waals surface area contributed by atoms with Gasteiger partial charge in [-0.25, -0.2) is 0 Å². The van der Waals surface area contributed by atoms with E-state index in [4.69, 9.17) is 0 Å². The van der Waals surface area contributed by atoms with Gasteiger partial charge in [-0.05, 0) is 32.4 Å². The summed E-state index contributed by atoms with van der Waals surface area (Å²) in [4.78, 5) is 0. The van der Waals surface area contributed by atoms with Gasteiger partial charge in [0.2, 0.25) is 0 Å². The molecule has 0 aliphatic heterocycles. The molecule has 3 nitrogen and oxygen atoms in total. The normalized spacial score (nSPS) is 12.9. The Balaban J connectivity index is 2.86. The van der Waals surface area contributed by atoms with Gasteiger partial charge in [-0.1, -0.05) is 33.6 Å². The summed E-state index contributed by atoms with van der Waals surface area (Å²) in [6.07, 6.45) is 4.75. The number of hydrogen-bond acceptors (Lipinski definition) is 2. The first kappa shape index (κ1) is 14.2. The molecule has 1 N–H and O–H groups in total. The predicted molar refractivity (Wildman–Crippen MR) is 73.2 cm³/mol. The zero-order chi connectivity index (χ0) is 12.7. The van der Waals surface area contributed by atoms with Gasteiger partial charge < -0.3 is 5.32 Å². The second kappa shape index (κ2) is 7.49. The third-order valence-corrected chi connectivity index (χ3v) is 3.18. The van der Waals surface area contributed by atoms with E-state index in [2.05, 4.69) is 48.9 Å². The lowest BCUT2D eigenvalue weighted by Crippen LogP contribution is -2.23. The lowest BCUT2D eigenvalue weighted by molar-refractivity contribution is 0.453. The minimum Gasteiger partial charge on any atom is -0.309 e. The SMILES string of the molecule is CCCCC(NCC)c1cc(CC)nn1CC. The molecule has 0 spiro atoms. The quantitative estimate of drug-likeness (QED) is 0.752. The number of nitrogens with one attached hydrogen (secondary N) is 1. The van der Waals surface area contributed by atoms with Crippen LogP contribution < -0.4 is 5.32 Å². The van der Waals surface area contributed by atoms with Gasteiger partial charge >= 0.3 is 0 Å². The van der Waals surface area contributed by atoms with E-state index in [0.717, 1.165) is 19.5 Å². The summed E-state index contributed by atoms with van der Waals surface area (Å²) in [5.74, 6) is 0. The van der Waals surface area contributed by atoms with E-state index >= 15 is 0 Å². The number of hydrogen-bond donors (Lipinski definition) is 1. The molecule has 17 heavy (non-hydrogen) atoms. The van der Waals surface area contributed by atoms with E-state index in [1.165, 1.54) is 30.7 Å². The van der Waals surface area contributed by atoms with Crippen molar-refractivity contribution in [3.05, 3.63) is 17.5 Å². The summed E-state index contributed by atoms with van der Waals surface area (Å²) >= 11 is 0. The van der Waals surface area contributed by atoms with Crippen LogP contribution in [0, 0.1) is 0 Å². The molecule has 0 aliphatic carbocycles. The van der Waals surface area contributed by atoms with Gasteiger partial charge in [-0.2, -0.15) is 5.10 Å². The molecule has 1 rings (SSSR count). The van der Waals surface area contributed by atoms with Crippen molar-refractivity contribution in [2.45, 2.75) is 66.0 Å². The molecule has 0 radical (unpaired) electrons. The van der Waals surface area contributed by atoms with Crippen LogP contribution in [0.4, 0.5) is 0 Å². The van der Waals surface area contributed by atoms with Crippen LogP contribution in [0.1, 0.15) is 64.4 Å². The van der Waals surface area contributed by atoms with Gasteiger partial charge in [0.15, 0.2) is 0 Å². The van der Waals surface area contributed by atoms with Crippen LogP contribution in [0.25, 0.3) is 0 Å². The van der Waals surface area contributed by atoms with Gasteiger partial charge in [0, 0.05) is 12.6 Å². The van der Waals surface area contributed by atoms with Crippen molar-refractivity contribution in [2.75, 3.05) is 6.54 Å². The average molecular weight is 237 g/mol. The molecule has 3 heteroatoms. The van der Waals surface area contributed by atoms with Crippen LogP contribution >= 0.6 is 0 Å². The molecule has 0 bridgehead atoms. The Morgan fingerprint density at radius 2 is 2.06 bits per heavy atom. The van der Waals surface area contributed by atoms with Gasteiger partial charge in [-0.3, -0.25) is 4.68 Å². The zero-order valence-corrected chi connectivity index (χ0v) is 11.8. The second-order valence-electron chi connectivity index (χ2n) is 4.48. The average Bonchev–Trinajstić information content (AvgIpc) is 2.77. The molecule has 1 aromatic heterocycles. The van der Waals surface area contributed by atoms with Crippen molar-refractivity contribution in [3.63, 3.8) is 0 Å². The van der Waals surface area contributed by atoms with Crippen LogP contribution in [0.5, 0.6) is 0 Å². The van der Waals surface area contributed by atoms with Crippen molar-refractivity contribution < 1.29 is 0 Å². The van der Waals surface area contributed by atoms with Crippen molar-refractivity contribution >= 4 is 0 Å². The second-order valence-corrected chi connectivity index (χ2v) is 4.48. The number of rotatable bonds is 8. The highest BCUT2D eigenvalue weighted by Gasteiger charge is 2.15. The number of nitrogens with zero attached hydrogens (tertiary/aromatic N) is 2. The Bertz CT molecular complexity index is 317. The largest absolute Gasteiger partial charge is 0.309 e. The molecule has 0 amide bonds. The first-order valence-electron chi connectivity index (χ1n) is 7.06. The van der Waals surface area contributed by atoms with E-state index in [1.807, 2.05) is 0 Å². The molecule has 1 atom stereocenters. The van der Waals surface area contributed by atoms with E-state index in [0.29, 0.717) is 6.04 Å². The summed E-state index contributed by atoms with van der Waals surface area (Å²) in [6.45, 7) is 10.7. The van der Waals surface area contributed by atoms with E-state index < -0.39 is 0 Å². The molecule has 1 aromatic rings. The minimum absolute atomic E-state index is 0.465. The molecular formula is C14H27N3. The highest BCUT2D eigenvalue weighted by Crippen LogP contribution is 2.20. The zero-order valence-electron chi connectivity index (χ0n) is 11.8. The highest BCUT2D eigenvalue weighted by molar-refractivity contribution is 5.14. The summed E-state index contributed by atoms with van der Waals surface area (Å²) in [5.41, 5.74) is 2.57. The molecule has 0 aliphatic rings.